The first kappa shape index (κ1) is 13.6. The molecule has 1 N–H and O–H groups in total. The topological polar surface area (TPSA) is 34.1 Å². The van der Waals surface area contributed by atoms with E-state index in [1.54, 1.807) is 7.11 Å². The van der Waals surface area contributed by atoms with Crippen LogP contribution in [0.5, 0.6) is 5.75 Å². The summed E-state index contributed by atoms with van der Waals surface area (Å²) in [5.74, 6) is 1.18. The van der Waals surface area contributed by atoms with Crippen LogP contribution in [-0.4, -0.2) is 25.7 Å². The quantitative estimate of drug-likeness (QED) is 0.893. The number of nitrogens with one attached hydrogen (secondary N) is 1. The monoisotopic (exact) mass is 256 g/mol. The molecule has 1 aromatic carbocycles. The van der Waals surface area contributed by atoms with Crippen molar-refractivity contribution in [3.63, 3.8) is 0 Å². The lowest BCUT2D eigenvalue weighted by molar-refractivity contribution is 0.411. The Morgan fingerprint density at radius 3 is 2.68 bits per heavy atom. The van der Waals surface area contributed by atoms with Crippen LogP contribution < -0.4 is 10.1 Å². The van der Waals surface area contributed by atoms with E-state index in [4.69, 9.17) is 4.74 Å². The fraction of sp³-hybridized carbons (Fsp3) is 0.312. The van der Waals surface area contributed by atoms with Crippen LogP contribution in [0, 0.1) is 6.92 Å². The van der Waals surface area contributed by atoms with E-state index in [1.807, 2.05) is 31.4 Å². The first-order valence-corrected chi connectivity index (χ1v) is 6.46. The average molecular weight is 256 g/mol. The number of methoxy groups -OCH3 is 1. The van der Waals surface area contributed by atoms with Crippen molar-refractivity contribution < 1.29 is 4.74 Å². The highest BCUT2D eigenvalue weighted by atomic mass is 16.5. The number of nitrogens with zero attached hydrogens (tertiary/aromatic N) is 1. The molecule has 0 fully saturated rings. The molecule has 1 unspecified atom stereocenters. The third-order valence-corrected chi connectivity index (χ3v) is 3.27. The Labute approximate surface area is 114 Å². The summed E-state index contributed by atoms with van der Waals surface area (Å²) < 4.78 is 5.31. The number of rotatable bonds is 5. The third kappa shape index (κ3) is 3.12. The van der Waals surface area contributed by atoms with Crippen LogP contribution in [0.4, 0.5) is 0 Å². The standard InChI is InChI=1S/C16H20N2O/c1-12-10-13(7-8-16(12)19-3)14(11-17-2)15-6-4-5-9-18-15/h4-10,14,17H,11H2,1-3H3. The van der Waals surface area contributed by atoms with Gasteiger partial charge in [-0.2, -0.15) is 0 Å². The summed E-state index contributed by atoms with van der Waals surface area (Å²) in [7, 11) is 3.66. The van der Waals surface area contributed by atoms with Crippen molar-refractivity contribution in [3.05, 3.63) is 59.4 Å². The molecule has 0 spiro atoms. The number of ether oxygens (including phenoxy) is 1. The van der Waals surface area contributed by atoms with Gasteiger partial charge >= 0.3 is 0 Å². The van der Waals surface area contributed by atoms with E-state index in [-0.39, 0.29) is 5.92 Å². The van der Waals surface area contributed by atoms with Crippen LogP contribution in [0.2, 0.25) is 0 Å². The zero-order chi connectivity index (χ0) is 13.7. The molecule has 100 valence electrons. The molecule has 0 saturated heterocycles. The van der Waals surface area contributed by atoms with Crippen LogP contribution in [0.1, 0.15) is 22.7 Å². The van der Waals surface area contributed by atoms with E-state index in [9.17, 15) is 0 Å². The Balaban J connectivity index is 2.37. The van der Waals surface area contributed by atoms with E-state index in [0.717, 1.165) is 23.6 Å². The van der Waals surface area contributed by atoms with Crippen LogP contribution in [0.3, 0.4) is 0 Å². The van der Waals surface area contributed by atoms with Gasteiger partial charge < -0.3 is 10.1 Å². The second-order valence-electron chi connectivity index (χ2n) is 4.59. The second-order valence-corrected chi connectivity index (χ2v) is 4.59. The molecule has 0 aliphatic heterocycles. The largest absolute Gasteiger partial charge is 0.496 e. The van der Waals surface area contributed by atoms with Crippen LogP contribution in [0.25, 0.3) is 0 Å². The summed E-state index contributed by atoms with van der Waals surface area (Å²) in [6.45, 7) is 2.93. The molecule has 0 aliphatic rings. The molecule has 0 radical (unpaired) electrons. The van der Waals surface area contributed by atoms with E-state index in [0.29, 0.717) is 0 Å². The predicted molar refractivity (Wildman–Crippen MR) is 77.7 cm³/mol. The molecule has 2 rings (SSSR count). The summed E-state index contributed by atoms with van der Waals surface area (Å²) in [4.78, 5) is 4.48. The van der Waals surface area contributed by atoms with Gasteiger partial charge in [-0.15, -0.1) is 0 Å². The predicted octanol–water partition coefficient (Wildman–Crippen LogP) is 2.75. The van der Waals surface area contributed by atoms with Crippen molar-refractivity contribution in [2.24, 2.45) is 0 Å². The highest BCUT2D eigenvalue weighted by Crippen LogP contribution is 2.27. The highest BCUT2D eigenvalue weighted by Gasteiger charge is 2.15. The van der Waals surface area contributed by atoms with E-state index < -0.39 is 0 Å². The van der Waals surface area contributed by atoms with Crippen molar-refractivity contribution in [1.82, 2.24) is 10.3 Å². The third-order valence-electron chi connectivity index (χ3n) is 3.27. The maximum absolute atomic E-state index is 5.31. The first-order chi connectivity index (χ1) is 9.26. The van der Waals surface area contributed by atoms with Gasteiger partial charge in [0.05, 0.1) is 7.11 Å². The van der Waals surface area contributed by atoms with Crippen molar-refractivity contribution in [2.75, 3.05) is 20.7 Å². The van der Waals surface area contributed by atoms with E-state index in [1.165, 1.54) is 5.56 Å². The minimum absolute atomic E-state index is 0.260. The fourth-order valence-electron chi connectivity index (χ4n) is 2.30. The number of pyridine rings is 1. The minimum atomic E-state index is 0.260. The van der Waals surface area contributed by atoms with Crippen molar-refractivity contribution in [2.45, 2.75) is 12.8 Å². The molecule has 0 aliphatic carbocycles. The average Bonchev–Trinajstić information content (AvgIpc) is 2.45. The molecule has 19 heavy (non-hydrogen) atoms. The van der Waals surface area contributed by atoms with Gasteiger partial charge in [-0.3, -0.25) is 4.98 Å². The fourth-order valence-corrected chi connectivity index (χ4v) is 2.30. The van der Waals surface area contributed by atoms with Gasteiger partial charge in [0.1, 0.15) is 5.75 Å². The number of likely N-dealkylation sites (N-methyl/N-ethyl adjacent to an activating group) is 1. The zero-order valence-corrected chi connectivity index (χ0v) is 11.7. The van der Waals surface area contributed by atoms with Gasteiger partial charge in [0.15, 0.2) is 0 Å². The van der Waals surface area contributed by atoms with Gasteiger partial charge in [0, 0.05) is 24.4 Å². The number of hydrogen-bond acceptors (Lipinski definition) is 3. The maximum atomic E-state index is 5.31. The van der Waals surface area contributed by atoms with Gasteiger partial charge in [0.25, 0.3) is 0 Å². The lowest BCUT2D eigenvalue weighted by atomic mass is 9.93. The normalized spacial score (nSPS) is 12.2. The Bertz CT molecular complexity index is 526. The number of aryl methyl sites for hydroxylation is 1. The number of benzene rings is 1. The van der Waals surface area contributed by atoms with Gasteiger partial charge in [0.2, 0.25) is 0 Å². The molecule has 3 heteroatoms. The summed E-state index contributed by atoms with van der Waals surface area (Å²) in [6.07, 6.45) is 1.84. The Morgan fingerprint density at radius 1 is 1.26 bits per heavy atom. The lowest BCUT2D eigenvalue weighted by Crippen LogP contribution is -2.19. The second kappa shape index (κ2) is 6.34. The smallest absolute Gasteiger partial charge is 0.121 e. The molecule has 3 nitrogen and oxygen atoms in total. The maximum Gasteiger partial charge on any atom is 0.121 e. The first-order valence-electron chi connectivity index (χ1n) is 6.46. The van der Waals surface area contributed by atoms with Crippen LogP contribution in [-0.2, 0) is 0 Å². The molecule has 0 amide bonds. The van der Waals surface area contributed by atoms with Gasteiger partial charge in [-0.1, -0.05) is 18.2 Å². The summed E-state index contributed by atoms with van der Waals surface area (Å²) in [6, 6.07) is 12.4. The van der Waals surface area contributed by atoms with E-state index in [2.05, 4.69) is 35.4 Å². The molecule has 1 aromatic heterocycles. The summed E-state index contributed by atoms with van der Waals surface area (Å²) >= 11 is 0. The van der Waals surface area contributed by atoms with Crippen molar-refractivity contribution in [1.29, 1.82) is 0 Å². The molecule has 2 aromatic rings. The SMILES string of the molecule is CNCC(c1ccc(OC)c(C)c1)c1ccccn1. The highest BCUT2D eigenvalue weighted by molar-refractivity contribution is 5.40. The molecule has 0 bridgehead atoms. The van der Waals surface area contributed by atoms with Gasteiger partial charge in [-0.25, -0.2) is 0 Å². The van der Waals surface area contributed by atoms with Crippen molar-refractivity contribution in [3.8, 4) is 5.75 Å². The van der Waals surface area contributed by atoms with Crippen molar-refractivity contribution >= 4 is 0 Å². The summed E-state index contributed by atoms with van der Waals surface area (Å²) in [5, 5.41) is 3.24. The van der Waals surface area contributed by atoms with Crippen LogP contribution in [0.15, 0.2) is 42.6 Å². The molecule has 0 saturated carbocycles. The number of hydrogen-bond donors (Lipinski definition) is 1. The minimum Gasteiger partial charge on any atom is -0.496 e. The number of aromatic nitrogens is 1. The van der Waals surface area contributed by atoms with Gasteiger partial charge in [-0.05, 0) is 43.3 Å². The Hall–Kier alpha value is -1.87. The molecule has 1 atom stereocenters. The lowest BCUT2D eigenvalue weighted by Gasteiger charge is -2.18. The summed E-state index contributed by atoms with van der Waals surface area (Å²) in [5.41, 5.74) is 3.49. The molecular weight excluding hydrogens is 236 g/mol. The molecule has 1 heterocycles. The zero-order valence-electron chi connectivity index (χ0n) is 11.7. The Kier molecular flexibility index (Phi) is 4.53. The Morgan fingerprint density at radius 2 is 2.11 bits per heavy atom. The molecular formula is C16H20N2O. The van der Waals surface area contributed by atoms with Crippen LogP contribution >= 0.6 is 0 Å². The van der Waals surface area contributed by atoms with E-state index >= 15 is 0 Å².